The zero-order valence-electron chi connectivity index (χ0n) is 15.6. The quantitative estimate of drug-likeness (QED) is 0.362. The van der Waals surface area contributed by atoms with Gasteiger partial charge in [0, 0.05) is 51.1 Å². The van der Waals surface area contributed by atoms with Crippen molar-refractivity contribution in [1.29, 1.82) is 0 Å². The van der Waals surface area contributed by atoms with Crippen molar-refractivity contribution in [2.75, 3.05) is 57.8 Å². The van der Waals surface area contributed by atoms with Gasteiger partial charge in [-0.2, -0.15) is 13.2 Å². The third-order valence-corrected chi connectivity index (χ3v) is 4.61. The second kappa shape index (κ2) is 10.7. The molecule has 1 aliphatic heterocycles. The summed E-state index contributed by atoms with van der Waals surface area (Å²) in [7, 11) is 0. The fraction of sp³-hybridized carbons (Fsp3) is 0.588. The molecule has 8 nitrogen and oxygen atoms in total. The van der Waals surface area contributed by atoms with Gasteiger partial charge in [0.25, 0.3) is 5.69 Å². The first-order chi connectivity index (χ1) is 13.6. The van der Waals surface area contributed by atoms with Crippen LogP contribution in [0, 0.1) is 10.1 Å². The summed E-state index contributed by atoms with van der Waals surface area (Å²) in [5.41, 5.74) is 0.0147. The number of carbonyl (C=O) groups is 1. The molecule has 1 aromatic rings. The van der Waals surface area contributed by atoms with Gasteiger partial charge in [0.1, 0.15) is 11.6 Å². The number of nitro groups is 1. The molecule has 1 fully saturated rings. The van der Waals surface area contributed by atoms with Gasteiger partial charge in [0.15, 0.2) is 0 Å². The second-order valence-corrected chi connectivity index (χ2v) is 7.02. The van der Waals surface area contributed by atoms with Gasteiger partial charge in [0.2, 0.25) is 5.91 Å². The van der Waals surface area contributed by atoms with Crippen molar-refractivity contribution in [3.63, 3.8) is 0 Å². The molecule has 1 saturated heterocycles. The molecule has 0 aliphatic carbocycles. The number of ether oxygens (including phenoxy) is 1. The largest absolute Gasteiger partial charge is 0.411 e. The van der Waals surface area contributed by atoms with Crippen LogP contribution in [0.15, 0.2) is 18.2 Å². The average Bonchev–Trinajstić information content (AvgIpc) is 2.63. The van der Waals surface area contributed by atoms with Gasteiger partial charge in [-0.25, -0.2) is 0 Å². The van der Waals surface area contributed by atoms with Gasteiger partial charge in [0.05, 0.1) is 11.5 Å². The van der Waals surface area contributed by atoms with Gasteiger partial charge in [-0.05, 0) is 18.6 Å². The Morgan fingerprint density at radius 3 is 2.52 bits per heavy atom. The van der Waals surface area contributed by atoms with Gasteiger partial charge in [-0.3, -0.25) is 19.8 Å². The maximum absolute atomic E-state index is 12.2. The van der Waals surface area contributed by atoms with E-state index >= 15 is 0 Å². The van der Waals surface area contributed by atoms with Gasteiger partial charge in [-0.15, -0.1) is 0 Å². The van der Waals surface area contributed by atoms with Crippen molar-refractivity contribution < 1.29 is 27.6 Å². The molecule has 0 saturated carbocycles. The summed E-state index contributed by atoms with van der Waals surface area (Å²) in [5.74, 6) is -0.296. The van der Waals surface area contributed by atoms with Crippen molar-refractivity contribution in [1.82, 2.24) is 9.80 Å². The minimum atomic E-state index is -4.30. The Kier molecular flexibility index (Phi) is 8.62. The first-order valence-electron chi connectivity index (χ1n) is 8.97. The van der Waals surface area contributed by atoms with E-state index in [1.807, 2.05) is 4.90 Å². The van der Waals surface area contributed by atoms with E-state index in [-0.39, 0.29) is 29.8 Å². The van der Waals surface area contributed by atoms with E-state index in [0.717, 1.165) is 0 Å². The molecular formula is C17H22ClF3N4O4. The second-order valence-electron chi connectivity index (χ2n) is 6.61. The van der Waals surface area contributed by atoms with E-state index in [4.69, 9.17) is 11.6 Å². The minimum Gasteiger partial charge on any atom is -0.372 e. The third-order valence-electron chi connectivity index (χ3n) is 4.29. The Bertz CT molecular complexity index is 712. The molecule has 1 N–H and O–H groups in total. The lowest BCUT2D eigenvalue weighted by Gasteiger charge is -2.34. The maximum Gasteiger partial charge on any atom is 0.411 e. The third kappa shape index (κ3) is 8.52. The van der Waals surface area contributed by atoms with Gasteiger partial charge >= 0.3 is 6.18 Å². The van der Waals surface area contributed by atoms with Crippen LogP contribution < -0.4 is 5.32 Å². The lowest BCUT2D eigenvalue weighted by molar-refractivity contribution is -0.384. The molecule has 29 heavy (non-hydrogen) atoms. The number of rotatable bonds is 9. The number of hydrogen-bond acceptors (Lipinski definition) is 6. The zero-order chi connectivity index (χ0) is 21.4. The highest BCUT2D eigenvalue weighted by Gasteiger charge is 2.27. The molecule has 12 heteroatoms. The number of carbonyl (C=O) groups excluding carboxylic acids is 1. The number of nitrogens with one attached hydrogen (secondary N) is 1. The summed E-state index contributed by atoms with van der Waals surface area (Å²) in [6, 6.07) is 4.05. The zero-order valence-corrected chi connectivity index (χ0v) is 16.3. The summed E-state index contributed by atoms with van der Waals surface area (Å²) >= 11 is 5.75. The van der Waals surface area contributed by atoms with E-state index in [9.17, 15) is 28.1 Å². The van der Waals surface area contributed by atoms with Crippen LogP contribution >= 0.6 is 11.6 Å². The Morgan fingerprint density at radius 1 is 1.24 bits per heavy atom. The van der Waals surface area contributed by atoms with Gasteiger partial charge < -0.3 is 15.0 Å². The van der Waals surface area contributed by atoms with Crippen LogP contribution in [0.5, 0.6) is 0 Å². The number of hydrogen-bond donors (Lipinski definition) is 1. The highest BCUT2D eigenvalue weighted by molar-refractivity contribution is 6.32. The Labute approximate surface area is 170 Å². The molecule has 2 rings (SSSR count). The minimum absolute atomic E-state index is 0.00655. The number of anilines is 1. The van der Waals surface area contributed by atoms with E-state index < -0.39 is 17.7 Å². The molecular weight excluding hydrogens is 417 g/mol. The number of nitrogens with zero attached hydrogens (tertiary/aromatic N) is 3. The topological polar surface area (TPSA) is 88.0 Å². The van der Waals surface area contributed by atoms with Crippen molar-refractivity contribution >= 4 is 28.9 Å². The van der Waals surface area contributed by atoms with E-state index in [1.165, 1.54) is 18.2 Å². The van der Waals surface area contributed by atoms with Crippen molar-refractivity contribution in [2.45, 2.75) is 12.6 Å². The van der Waals surface area contributed by atoms with Crippen LogP contribution in [0.4, 0.5) is 24.5 Å². The monoisotopic (exact) mass is 438 g/mol. The van der Waals surface area contributed by atoms with Crippen LogP contribution in [-0.2, 0) is 9.53 Å². The van der Waals surface area contributed by atoms with Crippen molar-refractivity contribution in [3.05, 3.63) is 33.3 Å². The molecule has 1 aromatic carbocycles. The van der Waals surface area contributed by atoms with Crippen LogP contribution in [0.3, 0.4) is 0 Å². The summed E-state index contributed by atoms with van der Waals surface area (Å²) in [6.45, 7) is 2.25. The summed E-state index contributed by atoms with van der Waals surface area (Å²) in [6.07, 6.45) is -3.80. The number of amides is 1. The summed E-state index contributed by atoms with van der Waals surface area (Å²) < 4.78 is 40.5. The molecule has 0 spiro atoms. The average molecular weight is 439 g/mol. The van der Waals surface area contributed by atoms with E-state index in [2.05, 4.69) is 15.0 Å². The Morgan fingerprint density at radius 2 is 1.90 bits per heavy atom. The fourth-order valence-corrected chi connectivity index (χ4v) is 3.07. The predicted octanol–water partition coefficient (Wildman–Crippen LogP) is 2.77. The number of piperazine rings is 1. The molecule has 1 heterocycles. The number of alkyl halides is 3. The molecule has 0 bridgehead atoms. The highest BCUT2D eigenvalue weighted by atomic mass is 35.5. The van der Waals surface area contributed by atoms with Crippen LogP contribution in [0.1, 0.15) is 6.42 Å². The molecule has 0 radical (unpaired) electrons. The molecule has 0 aromatic heterocycles. The molecule has 1 aliphatic rings. The fourth-order valence-electron chi connectivity index (χ4n) is 2.88. The molecule has 1 amide bonds. The first kappa shape index (κ1) is 23.3. The lowest BCUT2D eigenvalue weighted by atomic mass is 10.2. The predicted molar refractivity (Wildman–Crippen MR) is 101 cm³/mol. The Hall–Kier alpha value is -1.95. The first-order valence-corrected chi connectivity index (χ1v) is 9.35. The number of benzene rings is 1. The lowest BCUT2D eigenvalue weighted by Crippen LogP contribution is -2.48. The van der Waals surface area contributed by atoms with Crippen molar-refractivity contribution in [3.8, 4) is 0 Å². The molecule has 162 valence electrons. The summed E-state index contributed by atoms with van der Waals surface area (Å²) in [5, 5.41) is 13.5. The number of halogens is 4. The van der Waals surface area contributed by atoms with Crippen molar-refractivity contribution in [2.24, 2.45) is 0 Å². The maximum atomic E-state index is 12.2. The van der Waals surface area contributed by atoms with Crippen LogP contribution in [0.2, 0.25) is 5.02 Å². The SMILES string of the molecule is O=C(CN1CCN(CCCOCC(F)(F)F)CC1)Nc1ccc(Cl)c([N+](=O)[O-])c1. The van der Waals surface area contributed by atoms with E-state index in [0.29, 0.717) is 44.8 Å². The van der Waals surface area contributed by atoms with Crippen LogP contribution in [0.25, 0.3) is 0 Å². The molecule has 0 unspecified atom stereocenters. The standard InChI is InChI=1S/C17H22ClF3N4O4/c18-14-3-2-13(10-15(14)25(27)28)22-16(26)11-24-7-5-23(6-8-24)4-1-9-29-12-17(19,20)21/h2-3,10H,1,4-9,11-12H2,(H,22,26). The Balaban J connectivity index is 1.67. The summed E-state index contributed by atoms with van der Waals surface area (Å²) in [4.78, 5) is 26.5. The molecule has 0 atom stereocenters. The van der Waals surface area contributed by atoms with Crippen LogP contribution in [-0.4, -0.2) is 79.3 Å². The smallest absolute Gasteiger partial charge is 0.372 e. The van der Waals surface area contributed by atoms with Gasteiger partial charge in [-0.1, -0.05) is 11.6 Å². The van der Waals surface area contributed by atoms with E-state index in [1.54, 1.807) is 0 Å². The normalized spacial score (nSPS) is 16.0. The highest BCUT2D eigenvalue weighted by Crippen LogP contribution is 2.27. The number of nitro benzene ring substituents is 1.